The molecule has 10 heteroatoms. The minimum Gasteiger partial charge on any atom is -0.494 e. The largest absolute Gasteiger partial charge is 0.494 e. The number of ether oxygens (including phenoxy) is 1. The molecule has 0 saturated heterocycles. The summed E-state index contributed by atoms with van der Waals surface area (Å²) < 4.78 is 6.15. The van der Waals surface area contributed by atoms with Crippen molar-refractivity contribution in [2.24, 2.45) is 4.99 Å². The van der Waals surface area contributed by atoms with Gasteiger partial charge in [0.05, 0.1) is 12.8 Å². The first-order valence-corrected chi connectivity index (χ1v) is 10.7. The molecule has 4 aromatic rings. The van der Waals surface area contributed by atoms with E-state index in [0.29, 0.717) is 10.7 Å². The maximum absolute atomic E-state index is 12.5. The zero-order chi connectivity index (χ0) is 23.5. The van der Waals surface area contributed by atoms with Gasteiger partial charge in [0.15, 0.2) is 10.8 Å². The van der Waals surface area contributed by atoms with Crippen molar-refractivity contribution in [1.82, 2.24) is 14.5 Å². The Bertz CT molecular complexity index is 1490. The third-order valence-electron chi connectivity index (χ3n) is 5.13. The van der Waals surface area contributed by atoms with E-state index in [1.54, 1.807) is 30.5 Å². The Morgan fingerprint density at radius 3 is 2.85 bits per heavy atom. The molecule has 33 heavy (non-hydrogen) atoms. The number of carbonyl (C=O) groups is 1. The van der Waals surface area contributed by atoms with Crippen LogP contribution in [0.25, 0.3) is 16.6 Å². The fourth-order valence-electron chi connectivity index (χ4n) is 3.52. The van der Waals surface area contributed by atoms with Gasteiger partial charge in [0.2, 0.25) is 5.88 Å². The second-order valence-corrected chi connectivity index (χ2v) is 8.02. The molecule has 0 aliphatic rings. The van der Waals surface area contributed by atoms with Crippen LogP contribution >= 0.6 is 23.8 Å². The number of aromatic hydroxyl groups is 1. The number of benzene rings is 2. The molecule has 0 amide bonds. The summed E-state index contributed by atoms with van der Waals surface area (Å²) in [7, 11) is 1.27. The van der Waals surface area contributed by atoms with E-state index in [0.717, 1.165) is 22.7 Å². The Kier molecular flexibility index (Phi) is 6.43. The van der Waals surface area contributed by atoms with Crippen LogP contribution in [-0.4, -0.2) is 45.0 Å². The predicted octanol–water partition coefficient (Wildman–Crippen LogP) is 3.94. The Morgan fingerprint density at radius 1 is 1.30 bits per heavy atom. The van der Waals surface area contributed by atoms with Crippen LogP contribution in [0, 0.1) is 4.77 Å². The second kappa shape index (κ2) is 9.43. The Balaban J connectivity index is 1.73. The van der Waals surface area contributed by atoms with Gasteiger partial charge < -0.3 is 14.8 Å². The lowest BCUT2D eigenvalue weighted by Gasteiger charge is -2.12. The van der Waals surface area contributed by atoms with Gasteiger partial charge >= 0.3 is 5.97 Å². The fourth-order valence-corrected chi connectivity index (χ4v) is 3.98. The summed E-state index contributed by atoms with van der Waals surface area (Å²) in [4.78, 5) is 34.9. The average molecular weight is 483 g/mol. The first kappa shape index (κ1) is 22.5. The lowest BCUT2D eigenvalue weighted by molar-refractivity contribution is -0.142. The smallest absolute Gasteiger partial charge is 0.330 e. The minimum absolute atomic E-state index is 0.0137. The number of para-hydroxylation sites is 1. The number of carbonyl (C=O) groups excluding carboxylic acids is 1. The highest BCUT2D eigenvalue weighted by molar-refractivity contribution is 7.71. The Labute approximate surface area is 198 Å². The lowest BCUT2D eigenvalue weighted by atomic mass is 10.1. The highest BCUT2D eigenvalue weighted by Gasteiger charge is 2.21. The van der Waals surface area contributed by atoms with Crippen molar-refractivity contribution in [3.63, 3.8) is 0 Å². The minimum atomic E-state index is -0.934. The number of esters is 1. The van der Waals surface area contributed by atoms with Crippen LogP contribution in [0.1, 0.15) is 11.1 Å². The van der Waals surface area contributed by atoms with Gasteiger partial charge in [0, 0.05) is 34.8 Å². The summed E-state index contributed by atoms with van der Waals surface area (Å²) in [5.74, 6) is -1.000. The molecule has 1 unspecified atom stereocenters. The Morgan fingerprint density at radius 2 is 2.09 bits per heavy atom. The lowest BCUT2D eigenvalue weighted by Crippen LogP contribution is -2.24. The number of halogens is 1. The molecule has 8 nitrogen and oxygen atoms in total. The summed E-state index contributed by atoms with van der Waals surface area (Å²) in [6.07, 6.45) is 3.19. The molecule has 4 rings (SSSR count). The third-order valence-corrected chi connectivity index (χ3v) is 5.65. The van der Waals surface area contributed by atoms with Gasteiger partial charge in [0.25, 0.3) is 5.56 Å². The molecule has 0 saturated carbocycles. The first-order chi connectivity index (χ1) is 15.9. The number of rotatable bonds is 6. The molecule has 2 heterocycles. The molecule has 0 bridgehead atoms. The molecule has 2 aromatic carbocycles. The number of hydrogen-bond donors (Lipinski definition) is 3. The van der Waals surface area contributed by atoms with Crippen LogP contribution < -0.4 is 5.56 Å². The van der Waals surface area contributed by atoms with E-state index in [1.807, 2.05) is 24.3 Å². The molecule has 2 aromatic heterocycles. The number of methoxy groups -OCH3 is 1. The summed E-state index contributed by atoms with van der Waals surface area (Å²) in [5, 5.41) is 12.2. The van der Waals surface area contributed by atoms with Gasteiger partial charge in [-0.1, -0.05) is 35.9 Å². The second-order valence-electron chi connectivity index (χ2n) is 7.19. The molecule has 0 aliphatic carbocycles. The summed E-state index contributed by atoms with van der Waals surface area (Å²) >= 11 is 11.3. The van der Waals surface area contributed by atoms with Crippen molar-refractivity contribution in [2.75, 3.05) is 7.11 Å². The van der Waals surface area contributed by atoms with Crippen LogP contribution in [0.4, 0.5) is 0 Å². The molecule has 0 fully saturated rings. The van der Waals surface area contributed by atoms with E-state index >= 15 is 0 Å². The van der Waals surface area contributed by atoms with Crippen LogP contribution in [0.2, 0.25) is 5.02 Å². The summed E-state index contributed by atoms with van der Waals surface area (Å²) in [5.41, 5.74) is 1.45. The fraction of sp³-hybridized carbons (Fsp3) is 0.130. The number of nitrogens with one attached hydrogen (secondary N) is 2. The first-order valence-electron chi connectivity index (χ1n) is 9.89. The van der Waals surface area contributed by atoms with Gasteiger partial charge in [-0.2, -0.15) is 0 Å². The van der Waals surface area contributed by atoms with E-state index in [2.05, 4.69) is 15.0 Å². The van der Waals surface area contributed by atoms with E-state index in [9.17, 15) is 14.7 Å². The van der Waals surface area contributed by atoms with Crippen LogP contribution in [0.15, 0.2) is 64.5 Å². The maximum atomic E-state index is 12.5. The van der Waals surface area contributed by atoms with Crippen LogP contribution in [0.3, 0.4) is 0 Å². The van der Waals surface area contributed by atoms with Gasteiger partial charge in [-0.3, -0.25) is 19.3 Å². The highest BCUT2D eigenvalue weighted by atomic mass is 35.5. The quantitative estimate of drug-likeness (QED) is 0.219. The SMILES string of the molecule is COC(=O)C(Cc1c[nH]c2ccccc12)N=Cc1c(O)n(-c2cccc(Cl)c2)c(=S)[nH]c1=O. The van der Waals surface area contributed by atoms with Crippen LogP contribution in [-0.2, 0) is 16.0 Å². The molecular weight excluding hydrogens is 464 g/mol. The zero-order valence-corrected chi connectivity index (χ0v) is 19.0. The maximum Gasteiger partial charge on any atom is 0.330 e. The molecule has 0 radical (unpaired) electrons. The van der Waals surface area contributed by atoms with E-state index < -0.39 is 23.5 Å². The summed E-state index contributed by atoms with van der Waals surface area (Å²) in [6.45, 7) is 0. The number of aliphatic imine (C=N–C) groups is 1. The van der Waals surface area contributed by atoms with Crippen molar-refractivity contribution in [3.05, 3.63) is 86.0 Å². The van der Waals surface area contributed by atoms with Crippen molar-refractivity contribution < 1.29 is 14.6 Å². The van der Waals surface area contributed by atoms with Crippen LogP contribution in [0.5, 0.6) is 5.88 Å². The van der Waals surface area contributed by atoms with E-state index in [-0.39, 0.29) is 16.8 Å². The average Bonchev–Trinajstić information content (AvgIpc) is 3.20. The number of H-pyrrole nitrogens is 2. The number of aromatic nitrogens is 3. The predicted molar refractivity (Wildman–Crippen MR) is 129 cm³/mol. The van der Waals surface area contributed by atoms with Gasteiger partial charge in [-0.05, 0) is 42.0 Å². The molecule has 0 spiro atoms. The van der Waals surface area contributed by atoms with Crippen molar-refractivity contribution in [2.45, 2.75) is 12.5 Å². The number of nitrogens with zero attached hydrogens (tertiary/aromatic N) is 2. The monoisotopic (exact) mass is 482 g/mol. The standard InChI is InChI=1S/C23H19ClN4O4S/c1-32-22(31)19(9-13-11-25-18-8-3-2-7-16(13)18)26-12-17-20(29)27-23(33)28(21(17)30)15-6-4-5-14(24)10-15/h2-8,10-12,19,25,30H,9H2,1H3,(H,27,29,33). The zero-order valence-electron chi connectivity index (χ0n) is 17.4. The molecule has 1 atom stereocenters. The third kappa shape index (κ3) is 4.59. The highest BCUT2D eigenvalue weighted by Crippen LogP contribution is 2.23. The van der Waals surface area contributed by atoms with Gasteiger partial charge in [-0.25, -0.2) is 4.79 Å². The topological polar surface area (TPSA) is 112 Å². The van der Waals surface area contributed by atoms with E-state index in [4.69, 9.17) is 28.6 Å². The van der Waals surface area contributed by atoms with Crippen molar-refractivity contribution in [3.8, 4) is 11.6 Å². The van der Waals surface area contributed by atoms with Gasteiger partial charge in [0.1, 0.15) is 5.56 Å². The van der Waals surface area contributed by atoms with E-state index in [1.165, 1.54) is 11.7 Å². The van der Waals surface area contributed by atoms with Gasteiger partial charge in [-0.15, -0.1) is 0 Å². The summed E-state index contributed by atoms with van der Waals surface area (Å²) in [6, 6.07) is 13.4. The number of fused-ring (bicyclic) bond motifs is 1. The van der Waals surface area contributed by atoms with Crippen molar-refractivity contribution in [1.29, 1.82) is 0 Å². The Hall–Kier alpha value is -3.69. The number of aromatic amines is 2. The normalized spacial score (nSPS) is 12.3. The molecule has 3 N–H and O–H groups in total. The van der Waals surface area contributed by atoms with Crippen molar-refractivity contribution >= 4 is 46.9 Å². The molecule has 168 valence electrons. The number of hydrogen-bond acceptors (Lipinski definition) is 6. The molecule has 0 aliphatic heterocycles. The molecular formula is C23H19ClN4O4S.